The zero-order valence-electron chi connectivity index (χ0n) is 4.20. The van der Waals surface area contributed by atoms with E-state index in [0.29, 0.717) is 0 Å². The Morgan fingerprint density at radius 1 is 1.62 bits per heavy atom. The predicted octanol–water partition coefficient (Wildman–Crippen LogP) is -0.136. The Bertz CT molecular complexity index is 139. The standard InChI is InChI=1S/C5H7NO2/c7-4-2-1-3-5(8)6-4/h1-4,6-8H. The number of aliphatic hydroxyl groups excluding tert-OH is 2. The van der Waals surface area contributed by atoms with Crippen molar-refractivity contribution in [2.45, 2.75) is 6.23 Å². The third-order valence-electron chi connectivity index (χ3n) is 0.843. The van der Waals surface area contributed by atoms with Gasteiger partial charge in [-0.2, -0.15) is 0 Å². The zero-order valence-corrected chi connectivity index (χ0v) is 4.20. The minimum Gasteiger partial charge on any atom is -0.495 e. The van der Waals surface area contributed by atoms with E-state index in [1.807, 2.05) is 0 Å². The number of hydrogen-bond donors (Lipinski definition) is 3. The van der Waals surface area contributed by atoms with Gasteiger partial charge in [-0.3, -0.25) is 0 Å². The van der Waals surface area contributed by atoms with Crippen molar-refractivity contribution in [3.63, 3.8) is 0 Å². The second kappa shape index (κ2) is 1.88. The van der Waals surface area contributed by atoms with Crippen molar-refractivity contribution in [1.82, 2.24) is 5.32 Å². The van der Waals surface area contributed by atoms with E-state index >= 15 is 0 Å². The molecule has 1 aliphatic heterocycles. The first-order valence-electron chi connectivity index (χ1n) is 2.31. The molecule has 0 aromatic carbocycles. The van der Waals surface area contributed by atoms with Crippen LogP contribution in [0.2, 0.25) is 0 Å². The number of hydrogen-bond acceptors (Lipinski definition) is 3. The van der Waals surface area contributed by atoms with Crippen molar-refractivity contribution >= 4 is 0 Å². The summed E-state index contributed by atoms with van der Waals surface area (Å²) in [5, 5.41) is 19.7. The van der Waals surface area contributed by atoms with Crippen LogP contribution in [-0.2, 0) is 0 Å². The molecule has 3 N–H and O–H groups in total. The van der Waals surface area contributed by atoms with Crippen LogP contribution in [0.1, 0.15) is 0 Å². The van der Waals surface area contributed by atoms with Crippen molar-refractivity contribution in [2.24, 2.45) is 0 Å². The summed E-state index contributed by atoms with van der Waals surface area (Å²) in [6.07, 6.45) is 3.84. The Hall–Kier alpha value is -0.960. The molecule has 0 spiro atoms. The normalized spacial score (nSPS) is 26.6. The van der Waals surface area contributed by atoms with Gasteiger partial charge in [-0.15, -0.1) is 0 Å². The van der Waals surface area contributed by atoms with E-state index in [0.717, 1.165) is 0 Å². The van der Waals surface area contributed by atoms with Gasteiger partial charge in [0.2, 0.25) is 0 Å². The summed E-state index contributed by atoms with van der Waals surface area (Å²) in [6.45, 7) is 0. The minimum atomic E-state index is -0.736. The van der Waals surface area contributed by atoms with Gasteiger partial charge in [0.15, 0.2) is 5.88 Å². The average Bonchev–Trinajstić information content (AvgIpc) is 1.64. The molecule has 0 aromatic heterocycles. The van der Waals surface area contributed by atoms with Gasteiger partial charge in [0.05, 0.1) is 0 Å². The zero-order chi connectivity index (χ0) is 5.98. The first kappa shape index (κ1) is 5.18. The summed E-state index contributed by atoms with van der Waals surface area (Å²) in [6, 6.07) is 0. The van der Waals surface area contributed by atoms with Crippen molar-refractivity contribution < 1.29 is 10.2 Å². The highest BCUT2D eigenvalue weighted by Gasteiger charge is 2.01. The molecule has 3 nitrogen and oxygen atoms in total. The lowest BCUT2D eigenvalue weighted by atomic mass is 10.3. The average molecular weight is 113 g/mol. The molecular weight excluding hydrogens is 106 g/mol. The maximum absolute atomic E-state index is 8.68. The van der Waals surface area contributed by atoms with Gasteiger partial charge >= 0.3 is 0 Å². The lowest BCUT2D eigenvalue weighted by Gasteiger charge is -2.10. The molecule has 0 saturated carbocycles. The highest BCUT2D eigenvalue weighted by molar-refractivity contribution is 5.12. The first-order chi connectivity index (χ1) is 3.79. The third kappa shape index (κ3) is 1.01. The topological polar surface area (TPSA) is 52.5 Å². The fraction of sp³-hybridized carbons (Fsp3) is 0.200. The maximum Gasteiger partial charge on any atom is 0.186 e. The van der Waals surface area contributed by atoms with E-state index in [4.69, 9.17) is 10.2 Å². The number of aliphatic hydroxyl groups is 2. The molecule has 1 unspecified atom stereocenters. The highest BCUT2D eigenvalue weighted by atomic mass is 16.3. The van der Waals surface area contributed by atoms with E-state index in [2.05, 4.69) is 5.32 Å². The van der Waals surface area contributed by atoms with Crippen LogP contribution >= 0.6 is 0 Å². The molecule has 0 aromatic rings. The molecule has 0 fully saturated rings. The molecule has 44 valence electrons. The summed E-state index contributed by atoms with van der Waals surface area (Å²) >= 11 is 0. The van der Waals surface area contributed by atoms with E-state index in [1.165, 1.54) is 12.2 Å². The van der Waals surface area contributed by atoms with Gasteiger partial charge in [-0.1, -0.05) is 6.08 Å². The van der Waals surface area contributed by atoms with Crippen LogP contribution in [0.15, 0.2) is 24.1 Å². The van der Waals surface area contributed by atoms with Gasteiger partial charge < -0.3 is 15.5 Å². The van der Waals surface area contributed by atoms with Crippen molar-refractivity contribution in [3.05, 3.63) is 24.1 Å². The second-order valence-corrected chi connectivity index (χ2v) is 1.53. The van der Waals surface area contributed by atoms with Crippen LogP contribution in [0.3, 0.4) is 0 Å². The van der Waals surface area contributed by atoms with Gasteiger partial charge in [-0.25, -0.2) is 0 Å². The monoisotopic (exact) mass is 113 g/mol. The number of dihydropyridines is 1. The van der Waals surface area contributed by atoms with Crippen LogP contribution in [0.25, 0.3) is 0 Å². The summed E-state index contributed by atoms with van der Waals surface area (Å²) in [4.78, 5) is 0. The van der Waals surface area contributed by atoms with Gasteiger partial charge in [0.25, 0.3) is 0 Å². The largest absolute Gasteiger partial charge is 0.495 e. The Morgan fingerprint density at radius 2 is 2.38 bits per heavy atom. The van der Waals surface area contributed by atoms with E-state index in [-0.39, 0.29) is 5.88 Å². The molecule has 8 heavy (non-hydrogen) atoms. The second-order valence-electron chi connectivity index (χ2n) is 1.53. The van der Waals surface area contributed by atoms with Gasteiger partial charge in [0.1, 0.15) is 6.23 Å². The van der Waals surface area contributed by atoms with Crippen LogP contribution in [-0.4, -0.2) is 16.4 Å². The third-order valence-corrected chi connectivity index (χ3v) is 0.843. The molecule has 3 heteroatoms. The lowest BCUT2D eigenvalue weighted by molar-refractivity contribution is 0.168. The summed E-state index contributed by atoms with van der Waals surface area (Å²) < 4.78 is 0. The van der Waals surface area contributed by atoms with Crippen molar-refractivity contribution in [2.75, 3.05) is 0 Å². The maximum atomic E-state index is 8.68. The smallest absolute Gasteiger partial charge is 0.186 e. The van der Waals surface area contributed by atoms with Crippen LogP contribution in [0.5, 0.6) is 0 Å². The van der Waals surface area contributed by atoms with E-state index in [9.17, 15) is 0 Å². The van der Waals surface area contributed by atoms with Crippen LogP contribution in [0.4, 0.5) is 0 Å². The Labute approximate surface area is 47.0 Å². The fourth-order valence-electron chi connectivity index (χ4n) is 0.500. The van der Waals surface area contributed by atoms with E-state index in [1.54, 1.807) is 6.08 Å². The fourth-order valence-corrected chi connectivity index (χ4v) is 0.500. The quantitative estimate of drug-likeness (QED) is 0.410. The van der Waals surface area contributed by atoms with Gasteiger partial charge in [0, 0.05) is 0 Å². The number of rotatable bonds is 0. The minimum absolute atomic E-state index is 0.000000000000000444. The number of nitrogens with one attached hydrogen (secondary N) is 1. The Balaban J connectivity index is 2.59. The molecule has 1 rings (SSSR count). The van der Waals surface area contributed by atoms with Crippen molar-refractivity contribution in [3.8, 4) is 0 Å². The lowest BCUT2D eigenvalue weighted by Crippen LogP contribution is -2.27. The Kier molecular flexibility index (Phi) is 1.22. The predicted molar refractivity (Wildman–Crippen MR) is 29.0 cm³/mol. The van der Waals surface area contributed by atoms with E-state index < -0.39 is 6.23 Å². The molecule has 0 amide bonds. The molecule has 0 saturated heterocycles. The Morgan fingerprint density at radius 3 is 2.75 bits per heavy atom. The summed E-state index contributed by atoms with van der Waals surface area (Å²) in [5.41, 5.74) is 0. The molecule has 0 radical (unpaired) electrons. The molecule has 1 heterocycles. The van der Waals surface area contributed by atoms with Crippen LogP contribution < -0.4 is 5.32 Å². The van der Waals surface area contributed by atoms with Crippen molar-refractivity contribution in [1.29, 1.82) is 0 Å². The van der Waals surface area contributed by atoms with Crippen LogP contribution in [0, 0.1) is 0 Å². The number of allylic oxidation sites excluding steroid dienone is 2. The first-order valence-corrected chi connectivity index (χ1v) is 2.31. The SMILES string of the molecule is OC1=CC=CC(O)N1. The molecular formula is C5H7NO2. The molecule has 1 aliphatic rings. The molecule has 0 aliphatic carbocycles. The summed E-state index contributed by atoms with van der Waals surface area (Å²) in [7, 11) is 0. The van der Waals surface area contributed by atoms with Gasteiger partial charge in [-0.05, 0) is 12.2 Å². The highest BCUT2D eigenvalue weighted by Crippen LogP contribution is 1.94. The molecule has 1 atom stereocenters. The summed E-state index contributed by atoms with van der Waals surface area (Å²) in [5.74, 6) is 0.000000000000000444. The molecule has 0 bridgehead atoms.